The molecule has 0 saturated carbocycles. The zero-order chi connectivity index (χ0) is 15.6. The van der Waals surface area contributed by atoms with E-state index in [2.05, 4.69) is 18.7 Å². The molecule has 120 valence electrons. The molecule has 0 radical (unpaired) electrons. The molecule has 0 aromatic carbocycles. The van der Waals surface area contributed by atoms with Gasteiger partial charge in [-0.15, -0.1) is 0 Å². The van der Waals surface area contributed by atoms with Crippen LogP contribution in [0.25, 0.3) is 0 Å². The van der Waals surface area contributed by atoms with Gasteiger partial charge in [0.15, 0.2) is 0 Å². The van der Waals surface area contributed by atoms with Crippen molar-refractivity contribution in [3.05, 3.63) is 0 Å². The molecule has 2 heterocycles. The molecular formula is C15H27N3O3. The Balaban J connectivity index is 1.84. The second-order valence-corrected chi connectivity index (χ2v) is 6.79. The lowest BCUT2D eigenvalue weighted by Gasteiger charge is -2.37. The van der Waals surface area contributed by atoms with Gasteiger partial charge < -0.3 is 14.9 Å². The lowest BCUT2D eigenvalue weighted by atomic mass is 9.99. The number of hydrogen-bond donors (Lipinski definition) is 1. The molecule has 2 aliphatic heterocycles. The summed E-state index contributed by atoms with van der Waals surface area (Å²) in [4.78, 5) is 29.6. The van der Waals surface area contributed by atoms with E-state index in [0.29, 0.717) is 19.0 Å². The van der Waals surface area contributed by atoms with E-state index in [1.807, 2.05) is 11.8 Å². The van der Waals surface area contributed by atoms with E-state index in [1.54, 1.807) is 4.90 Å². The molecule has 2 fully saturated rings. The first-order chi connectivity index (χ1) is 9.88. The van der Waals surface area contributed by atoms with Crippen molar-refractivity contribution in [1.29, 1.82) is 0 Å². The maximum absolute atomic E-state index is 12.5. The largest absolute Gasteiger partial charge is 0.481 e. The molecule has 0 aromatic heterocycles. The molecule has 2 unspecified atom stereocenters. The van der Waals surface area contributed by atoms with E-state index in [-0.39, 0.29) is 11.9 Å². The molecule has 21 heavy (non-hydrogen) atoms. The van der Waals surface area contributed by atoms with Crippen LogP contribution >= 0.6 is 0 Å². The van der Waals surface area contributed by atoms with Gasteiger partial charge in [0.1, 0.15) is 0 Å². The highest BCUT2D eigenvalue weighted by atomic mass is 16.4. The van der Waals surface area contributed by atoms with Crippen molar-refractivity contribution in [2.24, 2.45) is 17.8 Å². The average Bonchev–Trinajstić information content (AvgIpc) is 2.80. The quantitative estimate of drug-likeness (QED) is 0.845. The minimum absolute atomic E-state index is 0.00907. The third-order valence-corrected chi connectivity index (χ3v) is 4.47. The molecule has 2 rings (SSSR count). The monoisotopic (exact) mass is 297 g/mol. The van der Waals surface area contributed by atoms with E-state index in [9.17, 15) is 9.59 Å². The van der Waals surface area contributed by atoms with Crippen LogP contribution in [-0.2, 0) is 4.79 Å². The number of likely N-dealkylation sites (tertiary alicyclic amines) is 1. The summed E-state index contributed by atoms with van der Waals surface area (Å²) >= 11 is 0. The van der Waals surface area contributed by atoms with Gasteiger partial charge in [-0.3, -0.25) is 9.69 Å². The van der Waals surface area contributed by atoms with Gasteiger partial charge >= 0.3 is 12.0 Å². The second-order valence-electron chi connectivity index (χ2n) is 6.79. The third kappa shape index (κ3) is 3.87. The SMILES string of the molecule is CC(C)CN1CCN(C(=O)N2CC(C)C(C(=O)O)C2)CC1. The molecule has 0 bridgehead atoms. The number of urea groups is 1. The number of carbonyl (C=O) groups is 2. The Hall–Kier alpha value is -1.30. The Morgan fingerprint density at radius 1 is 1.10 bits per heavy atom. The summed E-state index contributed by atoms with van der Waals surface area (Å²) in [7, 11) is 0. The van der Waals surface area contributed by atoms with Crippen LogP contribution in [0, 0.1) is 17.8 Å². The number of aliphatic carboxylic acids is 1. The zero-order valence-corrected chi connectivity index (χ0v) is 13.3. The summed E-state index contributed by atoms with van der Waals surface area (Å²) in [6.07, 6.45) is 0. The smallest absolute Gasteiger partial charge is 0.320 e. The summed E-state index contributed by atoms with van der Waals surface area (Å²) in [5.74, 6) is -0.535. The van der Waals surface area contributed by atoms with Gasteiger partial charge in [0, 0.05) is 45.8 Å². The molecule has 2 saturated heterocycles. The van der Waals surface area contributed by atoms with Crippen molar-refractivity contribution < 1.29 is 14.7 Å². The molecule has 2 atom stereocenters. The Bertz CT molecular complexity index is 392. The van der Waals surface area contributed by atoms with Crippen molar-refractivity contribution in [2.45, 2.75) is 20.8 Å². The molecular weight excluding hydrogens is 270 g/mol. The number of carboxylic acids is 1. The molecule has 2 amide bonds. The molecule has 6 nitrogen and oxygen atoms in total. The number of rotatable bonds is 3. The van der Waals surface area contributed by atoms with Crippen molar-refractivity contribution in [3.8, 4) is 0 Å². The van der Waals surface area contributed by atoms with Crippen molar-refractivity contribution in [3.63, 3.8) is 0 Å². The maximum Gasteiger partial charge on any atom is 0.320 e. The molecule has 1 N–H and O–H groups in total. The fraction of sp³-hybridized carbons (Fsp3) is 0.867. The lowest BCUT2D eigenvalue weighted by molar-refractivity contribution is -0.142. The predicted octanol–water partition coefficient (Wildman–Crippen LogP) is 1.03. The van der Waals surface area contributed by atoms with Gasteiger partial charge in [0.2, 0.25) is 0 Å². The number of hydrogen-bond acceptors (Lipinski definition) is 3. The fourth-order valence-electron chi connectivity index (χ4n) is 3.28. The molecule has 0 aliphatic carbocycles. The maximum atomic E-state index is 12.5. The van der Waals surface area contributed by atoms with Gasteiger partial charge in [0.25, 0.3) is 0 Å². The first-order valence-corrected chi connectivity index (χ1v) is 7.87. The average molecular weight is 297 g/mol. The molecule has 0 spiro atoms. The van der Waals surface area contributed by atoms with Gasteiger partial charge in [-0.1, -0.05) is 20.8 Å². The normalized spacial score (nSPS) is 27.4. The third-order valence-electron chi connectivity index (χ3n) is 4.47. The fourth-order valence-corrected chi connectivity index (χ4v) is 3.28. The number of carboxylic acid groups (broad SMARTS) is 1. The summed E-state index contributed by atoms with van der Waals surface area (Å²) in [5.41, 5.74) is 0. The van der Waals surface area contributed by atoms with Crippen LogP contribution in [0.15, 0.2) is 0 Å². The van der Waals surface area contributed by atoms with Gasteiger partial charge in [-0.25, -0.2) is 4.79 Å². The number of nitrogens with zero attached hydrogens (tertiary/aromatic N) is 3. The number of piperazine rings is 1. The van der Waals surface area contributed by atoms with E-state index >= 15 is 0 Å². The van der Waals surface area contributed by atoms with E-state index in [4.69, 9.17) is 5.11 Å². The minimum Gasteiger partial charge on any atom is -0.481 e. The van der Waals surface area contributed by atoms with Crippen LogP contribution in [-0.4, -0.2) is 77.6 Å². The highest BCUT2D eigenvalue weighted by molar-refractivity contribution is 5.77. The predicted molar refractivity (Wildman–Crippen MR) is 80.1 cm³/mol. The van der Waals surface area contributed by atoms with Crippen LogP contribution < -0.4 is 0 Å². The molecule has 6 heteroatoms. The highest BCUT2D eigenvalue weighted by Gasteiger charge is 2.38. The van der Waals surface area contributed by atoms with E-state index in [0.717, 1.165) is 32.7 Å². The van der Waals surface area contributed by atoms with Crippen LogP contribution in [0.4, 0.5) is 4.79 Å². The van der Waals surface area contributed by atoms with E-state index in [1.165, 1.54) is 0 Å². The number of carbonyl (C=O) groups excluding carboxylic acids is 1. The Morgan fingerprint density at radius 2 is 1.71 bits per heavy atom. The van der Waals surface area contributed by atoms with Crippen molar-refractivity contribution >= 4 is 12.0 Å². The first-order valence-electron chi connectivity index (χ1n) is 7.87. The summed E-state index contributed by atoms with van der Waals surface area (Å²) in [6.45, 7) is 11.6. The van der Waals surface area contributed by atoms with Crippen LogP contribution in [0.1, 0.15) is 20.8 Å². The summed E-state index contributed by atoms with van der Waals surface area (Å²) < 4.78 is 0. The minimum atomic E-state index is -0.792. The van der Waals surface area contributed by atoms with Crippen LogP contribution in [0.3, 0.4) is 0 Å². The molecule has 2 aliphatic rings. The van der Waals surface area contributed by atoms with Crippen LogP contribution in [0.5, 0.6) is 0 Å². The van der Waals surface area contributed by atoms with Crippen LogP contribution in [0.2, 0.25) is 0 Å². The Morgan fingerprint density at radius 3 is 2.19 bits per heavy atom. The van der Waals surface area contributed by atoms with Crippen molar-refractivity contribution in [1.82, 2.24) is 14.7 Å². The standard InChI is InChI=1S/C15H27N3O3/c1-11(2)8-16-4-6-17(7-5-16)15(21)18-9-12(3)13(10-18)14(19)20/h11-13H,4-10H2,1-3H3,(H,19,20). The first kappa shape index (κ1) is 16.1. The Labute approximate surface area is 126 Å². The topological polar surface area (TPSA) is 64.1 Å². The van der Waals surface area contributed by atoms with E-state index < -0.39 is 11.9 Å². The lowest BCUT2D eigenvalue weighted by Crippen LogP contribution is -2.53. The van der Waals surface area contributed by atoms with Crippen molar-refractivity contribution in [2.75, 3.05) is 45.8 Å². The van der Waals surface area contributed by atoms with Gasteiger partial charge in [0.05, 0.1) is 5.92 Å². The molecule has 0 aromatic rings. The number of amides is 2. The zero-order valence-electron chi connectivity index (χ0n) is 13.3. The highest BCUT2D eigenvalue weighted by Crippen LogP contribution is 2.24. The summed E-state index contributed by atoms with van der Waals surface area (Å²) in [5, 5.41) is 9.15. The van der Waals surface area contributed by atoms with Gasteiger partial charge in [-0.2, -0.15) is 0 Å². The second kappa shape index (κ2) is 6.64. The Kier molecular flexibility index (Phi) is 5.08. The summed E-state index contributed by atoms with van der Waals surface area (Å²) in [6, 6.07) is 0.00907. The van der Waals surface area contributed by atoms with Gasteiger partial charge in [-0.05, 0) is 11.8 Å².